The Morgan fingerprint density at radius 3 is 2.06 bits per heavy atom. The van der Waals surface area contributed by atoms with Gasteiger partial charge < -0.3 is 10.5 Å². The summed E-state index contributed by atoms with van der Waals surface area (Å²) in [4.78, 5) is 22.7. The summed E-state index contributed by atoms with van der Waals surface area (Å²) in [6.45, 7) is 5.98. The van der Waals surface area contributed by atoms with Gasteiger partial charge in [0.15, 0.2) is 0 Å². The van der Waals surface area contributed by atoms with E-state index in [1.807, 2.05) is 20.8 Å². The minimum Gasteiger partial charge on any atom is -0.465 e. The van der Waals surface area contributed by atoms with Crippen LogP contribution in [0.5, 0.6) is 0 Å². The SMILES string of the molecule is COC(=O)c1cc(C(N)=O)cc(C(C)(C)C)c1. The molecule has 0 atom stereocenters. The molecule has 0 radical (unpaired) electrons. The van der Waals surface area contributed by atoms with Gasteiger partial charge in [-0.3, -0.25) is 4.79 Å². The molecule has 0 unspecified atom stereocenters. The van der Waals surface area contributed by atoms with E-state index < -0.39 is 11.9 Å². The molecule has 0 aromatic heterocycles. The van der Waals surface area contributed by atoms with Gasteiger partial charge in [0.1, 0.15) is 0 Å². The molecule has 0 spiro atoms. The van der Waals surface area contributed by atoms with Crippen molar-refractivity contribution in [1.82, 2.24) is 0 Å². The summed E-state index contributed by atoms with van der Waals surface area (Å²) in [6.07, 6.45) is 0. The van der Waals surface area contributed by atoms with E-state index in [0.29, 0.717) is 11.1 Å². The monoisotopic (exact) mass is 235 g/mol. The number of benzene rings is 1. The largest absolute Gasteiger partial charge is 0.465 e. The van der Waals surface area contributed by atoms with E-state index in [9.17, 15) is 9.59 Å². The van der Waals surface area contributed by atoms with Gasteiger partial charge in [0.25, 0.3) is 0 Å². The molecule has 0 saturated heterocycles. The third kappa shape index (κ3) is 3.06. The van der Waals surface area contributed by atoms with Crippen LogP contribution in [-0.4, -0.2) is 19.0 Å². The Balaban J connectivity index is 3.39. The number of ether oxygens (including phenoxy) is 1. The summed E-state index contributed by atoms with van der Waals surface area (Å²) in [6, 6.07) is 4.87. The van der Waals surface area contributed by atoms with Crippen molar-refractivity contribution in [3.05, 3.63) is 34.9 Å². The van der Waals surface area contributed by atoms with Crippen LogP contribution in [0.3, 0.4) is 0 Å². The van der Waals surface area contributed by atoms with Crippen LogP contribution in [0.15, 0.2) is 18.2 Å². The second kappa shape index (κ2) is 4.57. The number of primary amides is 1. The van der Waals surface area contributed by atoms with Crippen LogP contribution in [0.25, 0.3) is 0 Å². The van der Waals surface area contributed by atoms with E-state index in [2.05, 4.69) is 4.74 Å². The number of hydrogen-bond acceptors (Lipinski definition) is 3. The van der Waals surface area contributed by atoms with Crippen molar-refractivity contribution in [2.45, 2.75) is 26.2 Å². The molecule has 4 nitrogen and oxygen atoms in total. The lowest BCUT2D eigenvalue weighted by Gasteiger charge is -2.20. The average molecular weight is 235 g/mol. The van der Waals surface area contributed by atoms with Crippen molar-refractivity contribution in [2.24, 2.45) is 5.73 Å². The third-order valence-corrected chi connectivity index (χ3v) is 2.50. The van der Waals surface area contributed by atoms with E-state index in [1.165, 1.54) is 13.2 Å². The lowest BCUT2D eigenvalue weighted by Crippen LogP contribution is -2.17. The molecule has 2 N–H and O–H groups in total. The molecule has 1 rings (SSSR count). The lowest BCUT2D eigenvalue weighted by atomic mass is 9.85. The summed E-state index contributed by atoms with van der Waals surface area (Å²) in [5, 5.41) is 0. The van der Waals surface area contributed by atoms with Crippen molar-refractivity contribution in [2.75, 3.05) is 7.11 Å². The number of hydrogen-bond donors (Lipinski definition) is 1. The molecule has 0 saturated carbocycles. The van der Waals surface area contributed by atoms with Crippen LogP contribution >= 0.6 is 0 Å². The Kier molecular flexibility index (Phi) is 3.56. The molecule has 92 valence electrons. The number of carbonyl (C=O) groups excluding carboxylic acids is 2. The quantitative estimate of drug-likeness (QED) is 0.795. The van der Waals surface area contributed by atoms with Gasteiger partial charge >= 0.3 is 5.97 Å². The maximum Gasteiger partial charge on any atom is 0.337 e. The normalized spacial score (nSPS) is 11.1. The Morgan fingerprint density at radius 2 is 1.65 bits per heavy atom. The standard InChI is InChI=1S/C13H17NO3/c1-13(2,3)10-6-8(11(14)15)5-9(7-10)12(16)17-4/h5-7H,1-4H3,(H2,14,15). The van der Waals surface area contributed by atoms with E-state index in [0.717, 1.165) is 5.56 Å². The highest BCUT2D eigenvalue weighted by Gasteiger charge is 2.19. The van der Waals surface area contributed by atoms with Crippen LogP contribution in [0.4, 0.5) is 0 Å². The molecule has 1 aromatic rings. The molecule has 1 amide bonds. The number of rotatable bonds is 2. The van der Waals surface area contributed by atoms with Crippen LogP contribution in [0.2, 0.25) is 0 Å². The lowest BCUT2D eigenvalue weighted by molar-refractivity contribution is 0.0600. The number of carbonyl (C=O) groups is 2. The molecule has 0 fully saturated rings. The van der Waals surface area contributed by atoms with Gasteiger partial charge in [-0.15, -0.1) is 0 Å². The molecule has 0 bridgehead atoms. The molecule has 1 aromatic carbocycles. The first-order chi connectivity index (χ1) is 7.75. The Morgan fingerprint density at radius 1 is 1.12 bits per heavy atom. The van der Waals surface area contributed by atoms with E-state index >= 15 is 0 Å². The number of amides is 1. The molecule has 0 heterocycles. The van der Waals surface area contributed by atoms with Gasteiger partial charge in [0.2, 0.25) is 5.91 Å². The minimum atomic E-state index is -0.554. The maximum atomic E-state index is 11.5. The predicted molar refractivity (Wildman–Crippen MR) is 65.0 cm³/mol. The van der Waals surface area contributed by atoms with Gasteiger partial charge in [0.05, 0.1) is 12.7 Å². The smallest absolute Gasteiger partial charge is 0.337 e. The zero-order chi connectivity index (χ0) is 13.2. The fourth-order valence-corrected chi connectivity index (χ4v) is 1.44. The maximum absolute atomic E-state index is 11.5. The van der Waals surface area contributed by atoms with Crippen LogP contribution in [0.1, 0.15) is 47.1 Å². The molecule has 17 heavy (non-hydrogen) atoms. The number of methoxy groups -OCH3 is 1. The Bertz CT molecular complexity index is 458. The zero-order valence-electron chi connectivity index (χ0n) is 10.5. The van der Waals surface area contributed by atoms with E-state index in [4.69, 9.17) is 5.73 Å². The van der Waals surface area contributed by atoms with Crippen molar-refractivity contribution in [3.63, 3.8) is 0 Å². The number of esters is 1. The van der Waals surface area contributed by atoms with Gasteiger partial charge in [-0.1, -0.05) is 20.8 Å². The van der Waals surface area contributed by atoms with E-state index in [-0.39, 0.29) is 5.41 Å². The van der Waals surface area contributed by atoms with E-state index in [1.54, 1.807) is 12.1 Å². The highest BCUT2D eigenvalue weighted by molar-refractivity contribution is 5.97. The van der Waals surface area contributed by atoms with Crippen molar-refractivity contribution in [1.29, 1.82) is 0 Å². The van der Waals surface area contributed by atoms with Crippen LogP contribution in [0, 0.1) is 0 Å². The topological polar surface area (TPSA) is 69.4 Å². The van der Waals surface area contributed by atoms with Crippen LogP contribution in [-0.2, 0) is 10.2 Å². The summed E-state index contributed by atoms with van der Waals surface area (Å²) in [7, 11) is 1.30. The van der Waals surface area contributed by atoms with Crippen LogP contribution < -0.4 is 5.73 Å². The molecule has 0 aliphatic heterocycles. The summed E-state index contributed by atoms with van der Waals surface area (Å²) in [5.74, 6) is -1.03. The first-order valence-corrected chi connectivity index (χ1v) is 5.29. The van der Waals surface area contributed by atoms with Crippen molar-refractivity contribution >= 4 is 11.9 Å². The predicted octanol–water partition coefficient (Wildman–Crippen LogP) is 1.87. The summed E-state index contributed by atoms with van der Waals surface area (Å²) < 4.78 is 4.65. The first-order valence-electron chi connectivity index (χ1n) is 5.29. The highest BCUT2D eigenvalue weighted by Crippen LogP contribution is 2.24. The van der Waals surface area contributed by atoms with Crippen molar-refractivity contribution in [3.8, 4) is 0 Å². The van der Waals surface area contributed by atoms with Gasteiger partial charge in [-0.25, -0.2) is 4.79 Å². The average Bonchev–Trinajstić information content (AvgIpc) is 2.26. The molecular weight excluding hydrogens is 218 g/mol. The fraction of sp³-hybridized carbons (Fsp3) is 0.385. The molecule has 0 aliphatic carbocycles. The van der Waals surface area contributed by atoms with Gasteiger partial charge in [0, 0.05) is 5.56 Å². The zero-order valence-corrected chi connectivity index (χ0v) is 10.5. The third-order valence-electron chi connectivity index (χ3n) is 2.50. The fourth-order valence-electron chi connectivity index (χ4n) is 1.44. The summed E-state index contributed by atoms with van der Waals surface area (Å²) >= 11 is 0. The Labute approximate surface area is 101 Å². The summed E-state index contributed by atoms with van der Waals surface area (Å²) in [5.41, 5.74) is 6.60. The van der Waals surface area contributed by atoms with Gasteiger partial charge in [-0.2, -0.15) is 0 Å². The van der Waals surface area contributed by atoms with Crippen molar-refractivity contribution < 1.29 is 14.3 Å². The van der Waals surface area contributed by atoms with Gasteiger partial charge in [-0.05, 0) is 29.2 Å². The number of nitrogens with two attached hydrogens (primary N) is 1. The molecule has 4 heteroatoms. The molecular formula is C13H17NO3. The molecule has 0 aliphatic rings. The second-order valence-corrected chi connectivity index (χ2v) is 4.90. The highest BCUT2D eigenvalue weighted by atomic mass is 16.5. The second-order valence-electron chi connectivity index (χ2n) is 4.90. The first kappa shape index (κ1) is 13.2. The minimum absolute atomic E-state index is 0.172. The Hall–Kier alpha value is -1.84.